The summed E-state index contributed by atoms with van der Waals surface area (Å²) in [5, 5.41) is 2.75. The summed E-state index contributed by atoms with van der Waals surface area (Å²) in [6, 6.07) is 6.57. The van der Waals surface area contributed by atoms with Gasteiger partial charge in [0.2, 0.25) is 5.91 Å². The average Bonchev–Trinajstić information content (AvgIpc) is 3.02. The maximum atomic E-state index is 13.3. The molecule has 0 aliphatic carbocycles. The molecule has 3 heterocycles. The summed E-state index contributed by atoms with van der Waals surface area (Å²) in [6.07, 6.45) is 3.05. The van der Waals surface area contributed by atoms with Gasteiger partial charge in [-0.3, -0.25) is 4.79 Å². The van der Waals surface area contributed by atoms with Gasteiger partial charge >= 0.3 is 6.09 Å². The zero-order chi connectivity index (χ0) is 19.7. The van der Waals surface area contributed by atoms with E-state index in [-0.39, 0.29) is 24.0 Å². The zero-order valence-electron chi connectivity index (χ0n) is 15.0. The van der Waals surface area contributed by atoms with Crippen molar-refractivity contribution in [1.82, 2.24) is 9.88 Å². The van der Waals surface area contributed by atoms with Crippen LogP contribution in [0.4, 0.5) is 19.4 Å². The first-order valence-corrected chi connectivity index (χ1v) is 9.14. The molecule has 28 heavy (non-hydrogen) atoms. The lowest BCUT2D eigenvalue weighted by Gasteiger charge is -2.32. The number of nitrogens with zero attached hydrogens (tertiary/aromatic N) is 2. The monoisotopic (exact) mass is 387 g/mol. The summed E-state index contributed by atoms with van der Waals surface area (Å²) >= 11 is 0. The Morgan fingerprint density at radius 1 is 1.21 bits per heavy atom. The predicted molar refractivity (Wildman–Crippen MR) is 97.4 cm³/mol. The molecular weight excluding hydrogens is 368 g/mol. The molecule has 0 saturated carbocycles. The Bertz CT molecular complexity index is 884. The number of pyridine rings is 1. The number of hydrogen-bond acceptors (Lipinski definition) is 4. The number of ether oxygens (including phenoxy) is 1. The minimum atomic E-state index is -0.659. The van der Waals surface area contributed by atoms with Crippen molar-refractivity contribution in [3.63, 3.8) is 0 Å². The van der Waals surface area contributed by atoms with Gasteiger partial charge in [0.1, 0.15) is 24.1 Å². The van der Waals surface area contributed by atoms with Gasteiger partial charge < -0.3 is 15.0 Å². The topological polar surface area (TPSA) is 71.5 Å². The second-order valence-corrected chi connectivity index (χ2v) is 7.16. The van der Waals surface area contributed by atoms with Crippen molar-refractivity contribution in [2.45, 2.75) is 25.3 Å². The van der Waals surface area contributed by atoms with Crippen LogP contribution < -0.4 is 5.32 Å². The van der Waals surface area contributed by atoms with Crippen LogP contribution in [0.5, 0.6) is 0 Å². The molecule has 0 unspecified atom stereocenters. The van der Waals surface area contributed by atoms with Gasteiger partial charge in [0.05, 0.1) is 6.04 Å². The Morgan fingerprint density at radius 3 is 2.71 bits per heavy atom. The lowest BCUT2D eigenvalue weighted by molar-refractivity contribution is -0.117. The van der Waals surface area contributed by atoms with Gasteiger partial charge in [0, 0.05) is 30.8 Å². The Kier molecular flexibility index (Phi) is 4.93. The quantitative estimate of drug-likeness (QED) is 0.870. The highest BCUT2D eigenvalue weighted by atomic mass is 19.1. The number of anilines is 1. The Hall–Kier alpha value is -3.03. The number of amides is 2. The van der Waals surface area contributed by atoms with Crippen LogP contribution in [0.3, 0.4) is 0 Å². The third-order valence-electron chi connectivity index (χ3n) is 5.16. The molecule has 2 aromatic rings. The number of fused-ring (bicyclic) bond motifs is 1. The van der Waals surface area contributed by atoms with E-state index in [1.807, 2.05) is 0 Å². The summed E-state index contributed by atoms with van der Waals surface area (Å²) in [5.74, 6) is -0.908. The van der Waals surface area contributed by atoms with E-state index in [1.165, 1.54) is 18.3 Å². The van der Waals surface area contributed by atoms with Crippen LogP contribution in [0.1, 0.15) is 19.3 Å². The molecule has 6 nitrogen and oxygen atoms in total. The van der Waals surface area contributed by atoms with Gasteiger partial charge in [-0.2, -0.15) is 0 Å². The third-order valence-corrected chi connectivity index (χ3v) is 5.16. The highest BCUT2D eigenvalue weighted by Crippen LogP contribution is 2.30. The number of nitrogens with one attached hydrogen (secondary N) is 1. The van der Waals surface area contributed by atoms with Crippen LogP contribution in [0.15, 0.2) is 36.5 Å². The van der Waals surface area contributed by atoms with Gasteiger partial charge in [0.15, 0.2) is 0 Å². The van der Waals surface area contributed by atoms with Gasteiger partial charge in [-0.15, -0.1) is 0 Å². The van der Waals surface area contributed by atoms with Crippen molar-refractivity contribution in [3.8, 4) is 11.1 Å². The van der Waals surface area contributed by atoms with Crippen LogP contribution in [0.25, 0.3) is 11.1 Å². The van der Waals surface area contributed by atoms with Gasteiger partial charge in [-0.1, -0.05) is 0 Å². The minimum Gasteiger partial charge on any atom is -0.447 e. The molecule has 0 bridgehead atoms. The SMILES string of the molecule is O=C(C[C@H]1CCN2C(=O)OC[C@H]2C1)Nc1ccc(-c2cc(F)cc(F)c2)cn1. The lowest BCUT2D eigenvalue weighted by Crippen LogP contribution is -2.41. The number of carbonyl (C=O) groups is 2. The molecule has 2 saturated heterocycles. The molecule has 2 aliphatic rings. The number of halogens is 2. The number of cyclic esters (lactones) is 1. The second kappa shape index (κ2) is 7.53. The summed E-state index contributed by atoms with van der Waals surface area (Å²) in [6.45, 7) is 0.999. The van der Waals surface area contributed by atoms with Crippen molar-refractivity contribution < 1.29 is 23.1 Å². The molecule has 2 atom stereocenters. The number of aromatic nitrogens is 1. The number of piperidine rings is 1. The van der Waals surface area contributed by atoms with E-state index in [2.05, 4.69) is 10.3 Å². The highest BCUT2D eigenvalue weighted by Gasteiger charge is 2.38. The van der Waals surface area contributed by atoms with E-state index in [0.717, 1.165) is 18.9 Å². The van der Waals surface area contributed by atoms with E-state index < -0.39 is 11.6 Å². The molecule has 146 valence electrons. The standard InChI is InChI=1S/C20H19F2N3O3/c21-15-7-14(8-16(22)9-15)13-1-2-18(23-10-13)24-19(26)6-12-3-4-25-17(5-12)11-28-20(25)27/h1-2,7-10,12,17H,3-6,11H2,(H,23,24,26)/t12-,17+/m0/s1. The van der Waals surface area contributed by atoms with E-state index in [1.54, 1.807) is 17.0 Å². The molecular formula is C20H19F2N3O3. The molecule has 8 heteroatoms. The number of hydrogen-bond donors (Lipinski definition) is 1. The predicted octanol–water partition coefficient (Wildman–Crippen LogP) is 3.59. The molecule has 1 N–H and O–H groups in total. The van der Waals surface area contributed by atoms with Crippen molar-refractivity contribution in [2.24, 2.45) is 5.92 Å². The molecule has 2 aliphatic heterocycles. The Labute approximate surface area is 160 Å². The second-order valence-electron chi connectivity index (χ2n) is 7.16. The molecule has 1 aromatic heterocycles. The first kappa shape index (κ1) is 18.3. The van der Waals surface area contributed by atoms with Crippen LogP contribution >= 0.6 is 0 Å². The van der Waals surface area contributed by atoms with Crippen LogP contribution in [-0.2, 0) is 9.53 Å². The van der Waals surface area contributed by atoms with Crippen LogP contribution in [0, 0.1) is 17.6 Å². The smallest absolute Gasteiger partial charge is 0.410 e. The Morgan fingerprint density at radius 2 is 2.00 bits per heavy atom. The zero-order valence-corrected chi connectivity index (χ0v) is 15.0. The van der Waals surface area contributed by atoms with E-state index in [0.29, 0.717) is 36.5 Å². The fraction of sp³-hybridized carbons (Fsp3) is 0.350. The minimum absolute atomic E-state index is 0.0584. The number of rotatable bonds is 4. The highest BCUT2D eigenvalue weighted by molar-refractivity contribution is 5.90. The van der Waals surface area contributed by atoms with E-state index in [9.17, 15) is 18.4 Å². The fourth-order valence-electron chi connectivity index (χ4n) is 3.78. The normalized spacial score (nSPS) is 21.2. The van der Waals surface area contributed by atoms with Crippen molar-refractivity contribution >= 4 is 17.8 Å². The van der Waals surface area contributed by atoms with E-state index >= 15 is 0 Å². The summed E-state index contributed by atoms with van der Waals surface area (Å²) in [5.41, 5.74) is 0.928. The maximum Gasteiger partial charge on any atom is 0.410 e. The molecule has 2 fully saturated rings. The average molecular weight is 387 g/mol. The largest absolute Gasteiger partial charge is 0.447 e. The molecule has 4 rings (SSSR count). The molecule has 2 amide bonds. The lowest BCUT2D eigenvalue weighted by atomic mass is 9.89. The van der Waals surface area contributed by atoms with Gasteiger partial charge in [-0.05, 0) is 48.6 Å². The molecule has 1 aromatic carbocycles. The first-order chi connectivity index (χ1) is 13.5. The fourth-order valence-corrected chi connectivity index (χ4v) is 3.78. The van der Waals surface area contributed by atoms with Crippen LogP contribution in [0.2, 0.25) is 0 Å². The number of carbonyl (C=O) groups excluding carboxylic acids is 2. The third kappa shape index (κ3) is 3.95. The number of benzene rings is 1. The van der Waals surface area contributed by atoms with E-state index in [4.69, 9.17) is 4.74 Å². The van der Waals surface area contributed by atoms with Crippen LogP contribution in [-0.4, -0.2) is 41.1 Å². The van der Waals surface area contributed by atoms with Crippen molar-refractivity contribution in [2.75, 3.05) is 18.5 Å². The summed E-state index contributed by atoms with van der Waals surface area (Å²) in [7, 11) is 0. The summed E-state index contributed by atoms with van der Waals surface area (Å²) < 4.78 is 31.7. The van der Waals surface area contributed by atoms with Crippen molar-refractivity contribution in [1.29, 1.82) is 0 Å². The maximum absolute atomic E-state index is 13.3. The first-order valence-electron chi connectivity index (χ1n) is 9.14. The van der Waals surface area contributed by atoms with Gasteiger partial charge in [-0.25, -0.2) is 18.6 Å². The Balaban J connectivity index is 1.34. The van der Waals surface area contributed by atoms with Gasteiger partial charge in [0.25, 0.3) is 0 Å². The summed E-state index contributed by atoms with van der Waals surface area (Å²) in [4.78, 5) is 29.7. The molecule has 0 radical (unpaired) electrons. The molecule has 0 spiro atoms. The van der Waals surface area contributed by atoms with Crippen molar-refractivity contribution in [3.05, 3.63) is 48.2 Å².